The topological polar surface area (TPSA) is 47.6 Å². The second-order valence-corrected chi connectivity index (χ2v) is 5.11. The summed E-state index contributed by atoms with van der Waals surface area (Å²) in [4.78, 5) is 12.3. The summed E-state index contributed by atoms with van der Waals surface area (Å²) >= 11 is 0. The van der Waals surface area contributed by atoms with Gasteiger partial charge >= 0.3 is 6.61 Å². The van der Waals surface area contributed by atoms with Crippen molar-refractivity contribution in [2.45, 2.75) is 19.6 Å². The van der Waals surface area contributed by atoms with E-state index in [4.69, 9.17) is 4.74 Å². The van der Waals surface area contributed by atoms with Gasteiger partial charge in [-0.25, -0.2) is 8.78 Å². The summed E-state index contributed by atoms with van der Waals surface area (Å²) in [5.74, 6) is -2.44. The Morgan fingerprint density at radius 1 is 1.08 bits per heavy atom. The Bertz CT molecular complexity index is 768. The van der Waals surface area contributed by atoms with Crippen molar-refractivity contribution in [1.82, 2.24) is 5.32 Å². The average molecular weight is 357 g/mol. The van der Waals surface area contributed by atoms with Crippen molar-refractivity contribution in [3.8, 4) is 11.5 Å². The van der Waals surface area contributed by atoms with E-state index in [2.05, 4.69) is 10.1 Å². The SMILES string of the molecule is COc1ccc(C(=O)N[C@H](C)c2ccc(F)cc2F)cc1OC(F)F. The van der Waals surface area contributed by atoms with Crippen LogP contribution >= 0.6 is 0 Å². The van der Waals surface area contributed by atoms with Crippen LogP contribution in [0.1, 0.15) is 28.9 Å². The number of carbonyl (C=O) groups is 1. The summed E-state index contributed by atoms with van der Waals surface area (Å²) in [6.45, 7) is -1.58. The van der Waals surface area contributed by atoms with Crippen LogP contribution in [0.2, 0.25) is 0 Å². The normalized spacial score (nSPS) is 12.0. The number of methoxy groups -OCH3 is 1. The number of nitrogens with one attached hydrogen (secondary N) is 1. The molecule has 25 heavy (non-hydrogen) atoms. The lowest BCUT2D eigenvalue weighted by Crippen LogP contribution is -2.27. The van der Waals surface area contributed by atoms with Gasteiger partial charge in [0.15, 0.2) is 11.5 Å². The van der Waals surface area contributed by atoms with Crippen LogP contribution < -0.4 is 14.8 Å². The van der Waals surface area contributed by atoms with E-state index in [1.165, 1.54) is 32.2 Å². The van der Waals surface area contributed by atoms with E-state index in [0.717, 1.165) is 12.1 Å². The maximum Gasteiger partial charge on any atom is 0.387 e. The Morgan fingerprint density at radius 3 is 2.40 bits per heavy atom. The van der Waals surface area contributed by atoms with E-state index >= 15 is 0 Å². The number of ether oxygens (including phenoxy) is 2. The fourth-order valence-corrected chi connectivity index (χ4v) is 2.22. The van der Waals surface area contributed by atoms with E-state index in [9.17, 15) is 22.4 Å². The molecule has 0 aromatic heterocycles. The van der Waals surface area contributed by atoms with Crippen LogP contribution in [0.3, 0.4) is 0 Å². The van der Waals surface area contributed by atoms with Crippen LogP contribution in [-0.2, 0) is 0 Å². The Kier molecular flexibility index (Phi) is 5.84. The molecule has 4 nitrogen and oxygen atoms in total. The van der Waals surface area contributed by atoms with Gasteiger partial charge in [0.25, 0.3) is 5.91 Å². The molecule has 0 aliphatic heterocycles. The van der Waals surface area contributed by atoms with Gasteiger partial charge in [0.1, 0.15) is 11.6 Å². The minimum Gasteiger partial charge on any atom is -0.493 e. The van der Waals surface area contributed by atoms with Gasteiger partial charge in [-0.3, -0.25) is 4.79 Å². The quantitative estimate of drug-likeness (QED) is 0.793. The third kappa shape index (κ3) is 4.62. The van der Waals surface area contributed by atoms with Crippen molar-refractivity contribution < 1.29 is 31.8 Å². The Morgan fingerprint density at radius 2 is 1.80 bits per heavy atom. The minimum absolute atomic E-state index is 0.0193. The highest BCUT2D eigenvalue weighted by Crippen LogP contribution is 2.29. The van der Waals surface area contributed by atoms with Crippen molar-refractivity contribution >= 4 is 5.91 Å². The maximum atomic E-state index is 13.7. The third-order valence-electron chi connectivity index (χ3n) is 3.42. The van der Waals surface area contributed by atoms with Gasteiger partial charge in [-0.05, 0) is 31.2 Å². The zero-order valence-corrected chi connectivity index (χ0v) is 13.4. The first-order valence-electron chi connectivity index (χ1n) is 7.20. The first-order valence-corrected chi connectivity index (χ1v) is 7.20. The molecule has 0 unspecified atom stereocenters. The Labute approximate surface area is 141 Å². The van der Waals surface area contributed by atoms with Crippen molar-refractivity contribution in [2.75, 3.05) is 7.11 Å². The molecule has 1 atom stereocenters. The van der Waals surface area contributed by atoms with Crippen LogP contribution in [-0.4, -0.2) is 19.6 Å². The molecule has 8 heteroatoms. The van der Waals surface area contributed by atoms with Gasteiger partial charge in [-0.15, -0.1) is 0 Å². The summed E-state index contributed by atoms with van der Waals surface area (Å²) in [6, 6.07) is 5.97. The number of carbonyl (C=O) groups excluding carboxylic acids is 1. The van der Waals surface area contributed by atoms with Crippen molar-refractivity contribution in [1.29, 1.82) is 0 Å². The number of benzene rings is 2. The zero-order valence-electron chi connectivity index (χ0n) is 13.4. The monoisotopic (exact) mass is 357 g/mol. The second-order valence-electron chi connectivity index (χ2n) is 5.11. The molecule has 0 heterocycles. The summed E-state index contributed by atoms with van der Waals surface area (Å²) < 4.78 is 60.7. The van der Waals surface area contributed by atoms with E-state index in [1.807, 2.05) is 0 Å². The molecule has 0 bridgehead atoms. The molecule has 134 valence electrons. The summed E-state index contributed by atoms with van der Waals surface area (Å²) in [7, 11) is 1.27. The smallest absolute Gasteiger partial charge is 0.387 e. The maximum absolute atomic E-state index is 13.7. The van der Waals surface area contributed by atoms with Crippen LogP contribution in [0, 0.1) is 11.6 Å². The highest BCUT2D eigenvalue weighted by atomic mass is 19.3. The molecule has 0 aliphatic rings. The van der Waals surface area contributed by atoms with Gasteiger partial charge in [-0.2, -0.15) is 8.78 Å². The summed E-state index contributed by atoms with van der Waals surface area (Å²) in [6.07, 6.45) is 0. The number of hydrogen-bond acceptors (Lipinski definition) is 3. The van der Waals surface area contributed by atoms with Gasteiger partial charge in [0, 0.05) is 17.2 Å². The molecule has 0 aliphatic carbocycles. The lowest BCUT2D eigenvalue weighted by Gasteiger charge is -2.16. The molecule has 2 aromatic rings. The Hall–Kier alpha value is -2.77. The average Bonchev–Trinajstić information content (AvgIpc) is 2.53. The lowest BCUT2D eigenvalue weighted by atomic mass is 10.1. The second kappa shape index (κ2) is 7.87. The van der Waals surface area contributed by atoms with Gasteiger partial charge in [0.05, 0.1) is 13.2 Å². The van der Waals surface area contributed by atoms with Crippen LogP contribution in [0.15, 0.2) is 36.4 Å². The van der Waals surface area contributed by atoms with Crippen LogP contribution in [0.4, 0.5) is 17.6 Å². The van der Waals surface area contributed by atoms with E-state index in [1.54, 1.807) is 0 Å². The molecule has 1 amide bonds. The molecular formula is C17H15F4NO3. The predicted molar refractivity (Wildman–Crippen MR) is 81.9 cm³/mol. The van der Waals surface area contributed by atoms with Gasteiger partial charge < -0.3 is 14.8 Å². The molecular weight excluding hydrogens is 342 g/mol. The molecule has 0 radical (unpaired) electrons. The highest BCUT2D eigenvalue weighted by Gasteiger charge is 2.18. The molecule has 0 spiro atoms. The standard InChI is InChI=1S/C17H15F4NO3/c1-9(12-5-4-11(18)8-13(12)19)22-16(23)10-3-6-14(24-2)15(7-10)25-17(20)21/h3-9,17H,1-2H3,(H,22,23)/t9-/m1/s1. The molecule has 2 aromatic carbocycles. The summed E-state index contributed by atoms with van der Waals surface area (Å²) in [5, 5.41) is 2.51. The number of alkyl halides is 2. The van der Waals surface area contributed by atoms with Crippen LogP contribution in [0.25, 0.3) is 0 Å². The van der Waals surface area contributed by atoms with Crippen molar-refractivity contribution in [2.24, 2.45) is 0 Å². The number of halogens is 4. The molecule has 0 saturated heterocycles. The van der Waals surface area contributed by atoms with E-state index in [-0.39, 0.29) is 22.6 Å². The number of rotatable bonds is 6. The molecule has 0 saturated carbocycles. The predicted octanol–water partition coefficient (Wildman–Crippen LogP) is 4.07. The summed E-state index contributed by atoms with van der Waals surface area (Å²) in [5.41, 5.74) is 0.109. The van der Waals surface area contributed by atoms with Crippen LogP contribution in [0.5, 0.6) is 11.5 Å². The molecule has 2 rings (SSSR count). The number of amides is 1. The highest BCUT2D eigenvalue weighted by molar-refractivity contribution is 5.95. The zero-order chi connectivity index (χ0) is 18.6. The Balaban J connectivity index is 2.19. The number of hydrogen-bond donors (Lipinski definition) is 1. The fraction of sp³-hybridized carbons (Fsp3) is 0.235. The van der Waals surface area contributed by atoms with Gasteiger partial charge in [-0.1, -0.05) is 6.07 Å². The largest absolute Gasteiger partial charge is 0.493 e. The first kappa shape index (κ1) is 18.6. The van der Waals surface area contributed by atoms with Gasteiger partial charge in [0.2, 0.25) is 0 Å². The first-order chi connectivity index (χ1) is 11.8. The minimum atomic E-state index is -3.08. The molecule has 0 fully saturated rings. The lowest BCUT2D eigenvalue weighted by molar-refractivity contribution is -0.0512. The van der Waals surface area contributed by atoms with Crippen molar-refractivity contribution in [3.05, 3.63) is 59.2 Å². The van der Waals surface area contributed by atoms with E-state index < -0.39 is 30.2 Å². The fourth-order valence-electron chi connectivity index (χ4n) is 2.22. The third-order valence-corrected chi connectivity index (χ3v) is 3.42. The molecule has 1 N–H and O–H groups in total. The van der Waals surface area contributed by atoms with E-state index in [0.29, 0.717) is 6.07 Å². The van der Waals surface area contributed by atoms with Crippen molar-refractivity contribution in [3.63, 3.8) is 0 Å².